The van der Waals surface area contributed by atoms with E-state index in [9.17, 15) is 0 Å². The lowest BCUT2D eigenvalue weighted by Crippen LogP contribution is -2.13. The second kappa shape index (κ2) is 5.33. The van der Waals surface area contributed by atoms with E-state index in [1.165, 1.54) is 0 Å². The monoisotopic (exact) mass is 274 g/mol. The first-order chi connectivity index (χ1) is 8.99. The molecule has 0 heterocycles. The van der Waals surface area contributed by atoms with Crippen molar-refractivity contribution in [2.24, 2.45) is 5.73 Å². The van der Waals surface area contributed by atoms with Crippen LogP contribution in [0, 0.1) is 19.3 Å². The van der Waals surface area contributed by atoms with Crippen molar-refractivity contribution in [3.63, 3.8) is 0 Å². The molecular weight excluding hydrogens is 260 g/mol. The van der Waals surface area contributed by atoms with Crippen molar-refractivity contribution < 1.29 is 4.74 Å². The van der Waals surface area contributed by atoms with E-state index in [0.29, 0.717) is 16.3 Å². The smallest absolute Gasteiger partial charge is 0.139 e. The van der Waals surface area contributed by atoms with E-state index >= 15 is 0 Å². The van der Waals surface area contributed by atoms with Crippen LogP contribution in [0.2, 0.25) is 5.02 Å². The van der Waals surface area contributed by atoms with Crippen LogP contribution >= 0.6 is 11.6 Å². The van der Waals surface area contributed by atoms with E-state index in [2.05, 4.69) is 0 Å². The van der Waals surface area contributed by atoms with Crippen molar-refractivity contribution in [1.82, 2.24) is 0 Å². The van der Waals surface area contributed by atoms with Gasteiger partial charge in [-0.05, 0) is 43.2 Å². The standard InChI is InChI=1S/C15H15ClN2O/c1-9-6-7-10(2)13(8-9)19-12-5-3-4-11(16)14(12)15(17)18/h3-8H,1-2H3,(H3,17,18). The number of rotatable bonds is 3. The van der Waals surface area contributed by atoms with Crippen LogP contribution in [0.25, 0.3) is 0 Å². The predicted octanol–water partition coefficient (Wildman–Crippen LogP) is 4.03. The van der Waals surface area contributed by atoms with Crippen LogP contribution in [0.3, 0.4) is 0 Å². The fourth-order valence-corrected chi connectivity index (χ4v) is 2.05. The van der Waals surface area contributed by atoms with Crippen LogP contribution < -0.4 is 10.5 Å². The highest BCUT2D eigenvalue weighted by atomic mass is 35.5. The largest absolute Gasteiger partial charge is 0.456 e. The van der Waals surface area contributed by atoms with Gasteiger partial charge < -0.3 is 10.5 Å². The quantitative estimate of drug-likeness (QED) is 0.656. The molecule has 0 unspecified atom stereocenters. The van der Waals surface area contributed by atoms with Crippen LogP contribution in [0.5, 0.6) is 11.5 Å². The summed E-state index contributed by atoms with van der Waals surface area (Å²) in [5.74, 6) is 1.13. The number of hydrogen-bond donors (Lipinski definition) is 2. The van der Waals surface area contributed by atoms with Gasteiger partial charge in [-0.1, -0.05) is 29.8 Å². The fourth-order valence-electron chi connectivity index (χ4n) is 1.79. The third-order valence-corrected chi connectivity index (χ3v) is 3.12. The number of benzene rings is 2. The maximum atomic E-state index is 7.59. The Labute approximate surface area is 117 Å². The minimum Gasteiger partial charge on any atom is -0.456 e. The van der Waals surface area contributed by atoms with Gasteiger partial charge in [0.2, 0.25) is 0 Å². The molecule has 0 spiro atoms. The normalized spacial score (nSPS) is 10.3. The minimum absolute atomic E-state index is 0.106. The Morgan fingerprint density at radius 1 is 1.16 bits per heavy atom. The van der Waals surface area contributed by atoms with Gasteiger partial charge in [-0.25, -0.2) is 0 Å². The number of nitrogen functional groups attached to an aromatic ring is 1. The van der Waals surface area contributed by atoms with E-state index in [1.54, 1.807) is 18.2 Å². The van der Waals surface area contributed by atoms with Crippen LogP contribution in [0.1, 0.15) is 16.7 Å². The van der Waals surface area contributed by atoms with Crippen molar-refractivity contribution in [3.05, 3.63) is 58.1 Å². The molecule has 0 saturated heterocycles. The SMILES string of the molecule is Cc1ccc(C)c(Oc2cccc(Cl)c2C(=N)N)c1. The van der Waals surface area contributed by atoms with Gasteiger partial charge in [0, 0.05) is 0 Å². The molecule has 2 aromatic rings. The Bertz CT molecular complexity index is 638. The number of aryl methyl sites for hydroxylation is 2. The highest BCUT2D eigenvalue weighted by molar-refractivity contribution is 6.34. The molecule has 0 fully saturated rings. The summed E-state index contributed by atoms with van der Waals surface area (Å²) in [4.78, 5) is 0. The van der Waals surface area contributed by atoms with Gasteiger partial charge in [-0.15, -0.1) is 0 Å². The molecule has 2 aromatic carbocycles. The number of nitrogens with two attached hydrogens (primary N) is 1. The highest BCUT2D eigenvalue weighted by Gasteiger charge is 2.12. The van der Waals surface area contributed by atoms with Crippen LogP contribution in [0.4, 0.5) is 0 Å². The summed E-state index contributed by atoms with van der Waals surface area (Å²) in [7, 11) is 0. The van der Waals surface area contributed by atoms with Crippen molar-refractivity contribution in [3.8, 4) is 11.5 Å². The summed E-state index contributed by atoms with van der Waals surface area (Å²) in [6.07, 6.45) is 0. The molecule has 0 aliphatic rings. The molecule has 0 saturated carbocycles. The lowest BCUT2D eigenvalue weighted by Gasteiger charge is -2.13. The van der Waals surface area contributed by atoms with E-state index in [-0.39, 0.29) is 5.84 Å². The zero-order chi connectivity index (χ0) is 14.0. The van der Waals surface area contributed by atoms with E-state index < -0.39 is 0 Å². The van der Waals surface area contributed by atoms with Gasteiger partial charge in [-0.2, -0.15) is 0 Å². The van der Waals surface area contributed by atoms with Gasteiger partial charge in [0.05, 0.1) is 10.6 Å². The van der Waals surface area contributed by atoms with Crippen molar-refractivity contribution in [1.29, 1.82) is 5.41 Å². The molecule has 98 valence electrons. The molecule has 2 rings (SSSR count). The molecule has 3 nitrogen and oxygen atoms in total. The van der Waals surface area contributed by atoms with Crippen LogP contribution in [-0.2, 0) is 0 Å². The lowest BCUT2D eigenvalue weighted by molar-refractivity contribution is 0.477. The van der Waals surface area contributed by atoms with Crippen molar-refractivity contribution >= 4 is 17.4 Å². The molecular formula is C15H15ClN2O. The van der Waals surface area contributed by atoms with Gasteiger partial charge >= 0.3 is 0 Å². The van der Waals surface area contributed by atoms with Crippen molar-refractivity contribution in [2.75, 3.05) is 0 Å². The second-order valence-electron chi connectivity index (χ2n) is 4.40. The Hall–Kier alpha value is -2.00. The maximum Gasteiger partial charge on any atom is 0.139 e. The molecule has 3 N–H and O–H groups in total. The molecule has 0 radical (unpaired) electrons. The molecule has 0 aliphatic heterocycles. The number of nitrogens with one attached hydrogen (secondary N) is 1. The Morgan fingerprint density at radius 3 is 2.58 bits per heavy atom. The molecule has 0 aromatic heterocycles. The summed E-state index contributed by atoms with van der Waals surface area (Å²) < 4.78 is 5.86. The Morgan fingerprint density at radius 2 is 1.89 bits per heavy atom. The summed E-state index contributed by atoms with van der Waals surface area (Å²) in [6, 6.07) is 11.2. The van der Waals surface area contributed by atoms with E-state index in [4.69, 9.17) is 27.5 Å². The van der Waals surface area contributed by atoms with Gasteiger partial charge in [0.15, 0.2) is 0 Å². The highest BCUT2D eigenvalue weighted by Crippen LogP contribution is 2.32. The average Bonchev–Trinajstić information content (AvgIpc) is 2.33. The van der Waals surface area contributed by atoms with Gasteiger partial charge in [-0.3, -0.25) is 5.41 Å². The predicted molar refractivity (Wildman–Crippen MR) is 78.5 cm³/mol. The summed E-state index contributed by atoms with van der Waals surface area (Å²) >= 11 is 6.06. The van der Waals surface area contributed by atoms with Gasteiger partial charge in [0.25, 0.3) is 0 Å². The molecule has 0 aliphatic carbocycles. The summed E-state index contributed by atoms with van der Waals surface area (Å²) in [6.45, 7) is 3.96. The number of amidine groups is 1. The van der Waals surface area contributed by atoms with Crippen LogP contribution in [-0.4, -0.2) is 5.84 Å². The fraction of sp³-hybridized carbons (Fsp3) is 0.133. The van der Waals surface area contributed by atoms with Crippen molar-refractivity contribution in [2.45, 2.75) is 13.8 Å². The topological polar surface area (TPSA) is 59.1 Å². The molecule has 0 amide bonds. The number of hydrogen-bond acceptors (Lipinski definition) is 2. The first-order valence-corrected chi connectivity index (χ1v) is 6.25. The maximum absolute atomic E-state index is 7.59. The van der Waals surface area contributed by atoms with Gasteiger partial charge in [0.1, 0.15) is 17.3 Å². The Kier molecular flexibility index (Phi) is 3.76. The Balaban J connectivity index is 2.46. The third kappa shape index (κ3) is 2.88. The van der Waals surface area contributed by atoms with E-state index in [0.717, 1.165) is 16.9 Å². The lowest BCUT2D eigenvalue weighted by atomic mass is 10.1. The molecule has 4 heteroatoms. The zero-order valence-corrected chi connectivity index (χ0v) is 11.6. The molecule has 0 bridgehead atoms. The number of halogens is 1. The van der Waals surface area contributed by atoms with E-state index in [1.807, 2.05) is 32.0 Å². The molecule has 19 heavy (non-hydrogen) atoms. The third-order valence-electron chi connectivity index (χ3n) is 2.81. The van der Waals surface area contributed by atoms with Crippen LogP contribution in [0.15, 0.2) is 36.4 Å². The minimum atomic E-state index is -0.106. The summed E-state index contributed by atoms with van der Waals surface area (Å²) in [5, 5.41) is 8.00. The summed E-state index contributed by atoms with van der Waals surface area (Å²) in [5.41, 5.74) is 8.09. The second-order valence-corrected chi connectivity index (χ2v) is 4.80. The number of ether oxygens (including phenoxy) is 1. The first-order valence-electron chi connectivity index (χ1n) is 5.87. The zero-order valence-electron chi connectivity index (χ0n) is 10.8. The first kappa shape index (κ1) is 13.4. The molecule has 0 atom stereocenters. The average molecular weight is 275 g/mol.